The van der Waals surface area contributed by atoms with Crippen molar-refractivity contribution in [3.8, 4) is 0 Å². The van der Waals surface area contributed by atoms with Crippen LogP contribution in [0.25, 0.3) is 0 Å². The quantitative estimate of drug-likeness (QED) is 0.609. The fourth-order valence-electron chi connectivity index (χ4n) is 3.24. The second kappa shape index (κ2) is 9.58. The maximum atomic E-state index is 12.7. The van der Waals surface area contributed by atoms with E-state index in [0.717, 1.165) is 12.1 Å². The van der Waals surface area contributed by atoms with Crippen molar-refractivity contribution in [1.82, 2.24) is 10.6 Å². The second-order valence-electron chi connectivity index (χ2n) is 6.88. The second-order valence-corrected chi connectivity index (χ2v) is 7.31. The molecule has 0 saturated carbocycles. The van der Waals surface area contributed by atoms with Gasteiger partial charge in [0.2, 0.25) is 0 Å². The fraction of sp³-hybridized carbons (Fsp3) is 0.273. The predicted octanol–water partition coefficient (Wildman–Crippen LogP) is 2.58. The summed E-state index contributed by atoms with van der Waals surface area (Å²) in [6, 6.07) is 14.4. The molecule has 0 fully saturated rings. The van der Waals surface area contributed by atoms with Crippen LogP contribution in [0, 0.1) is 6.92 Å². The van der Waals surface area contributed by atoms with Crippen LogP contribution in [0.1, 0.15) is 29.7 Å². The number of rotatable bonds is 7. The van der Waals surface area contributed by atoms with Crippen molar-refractivity contribution in [3.05, 3.63) is 81.5 Å². The van der Waals surface area contributed by atoms with E-state index in [2.05, 4.69) is 34.9 Å². The number of nitrogens with two attached hydrogens (primary N) is 1. The normalized spacial score (nSPS) is 16.2. The van der Waals surface area contributed by atoms with Crippen LogP contribution in [0.3, 0.4) is 0 Å². The number of urea groups is 1. The first-order chi connectivity index (χ1) is 14.0. The van der Waals surface area contributed by atoms with Gasteiger partial charge in [0.1, 0.15) is 13.1 Å². The lowest BCUT2D eigenvalue weighted by Gasteiger charge is -2.28. The molecular weight excluding hydrogens is 390 g/mol. The van der Waals surface area contributed by atoms with E-state index in [1.807, 2.05) is 12.2 Å². The van der Waals surface area contributed by atoms with Gasteiger partial charge >= 0.3 is 12.0 Å². The van der Waals surface area contributed by atoms with Crippen molar-refractivity contribution in [2.75, 3.05) is 13.2 Å². The van der Waals surface area contributed by atoms with Gasteiger partial charge in [-0.25, -0.2) is 9.59 Å². The van der Waals surface area contributed by atoms with E-state index in [1.165, 1.54) is 11.1 Å². The number of quaternary nitrogens is 1. The van der Waals surface area contributed by atoms with Gasteiger partial charge < -0.3 is 20.7 Å². The average Bonchev–Trinajstić information content (AvgIpc) is 2.70. The lowest BCUT2D eigenvalue weighted by Crippen LogP contribution is -2.84. The third-order valence-electron chi connectivity index (χ3n) is 4.70. The van der Waals surface area contributed by atoms with Crippen molar-refractivity contribution in [2.45, 2.75) is 26.4 Å². The van der Waals surface area contributed by atoms with E-state index in [-0.39, 0.29) is 12.6 Å². The Morgan fingerprint density at radius 1 is 1.10 bits per heavy atom. The molecule has 1 aliphatic rings. The largest absolute Gasteiger partial charge is 0.463 e. The number of halogens is 1. The predicted molar refractivity (Wildman–Crippen MR) is 111 cm³/mol. The Hall–Kier alpha value is -2.83. The van der Waals surface area contributed by atoms with Gasteiger partial charge in [-0.05, 0) is 31.5 Å². The maximum absolute atomic E-state index is 12.7. The summed E-state index contributed by atoms with van der Waals surface area (Å²) in [5.74, 6) is -0.446. The number of ether oxygens (including phenoxy) is 1. The lowest BCUT2D eigenvalue weighted by atomic mass is 9.95. The number of carbonyl (C=O) groups is 2. The molecule has 152 valence electrons. The first-order valence-electron chi connectivity index (χ1n) is 9.58. The molecule has 0 bridgehead atoms. The van der Waals surface area contributed by atoms with Gasteiger partial charge in [0.25, 0.3) is 0 Å². The molecule has 0 aliphatic carbocycles. The Bertz CT molecular complexity index is 908. The molecule has 7 heteroatoms. The molecule has 1 atom stereocenters. The zero-order chi connectivity index (χ0) is 20.8. The molecule has 3 rings (SSSR count). The third-order valence-corrected chi connectivity index (χ3v) is 4.95. The van der Waals surface area contributed by atoms with Gasteiger partial charge in [-0.2, -0.15) is 0 Å². The number of benzene rings is 2. The van der Waals surface area contributed by atoms with E-state index in [4.69, 9.17) is 16.3 Å². The van der Waals surface area contributed by atoms with Crippen molar-refractivity contribution < 1.29 is 19.6 Å². The molecule has 1 heterocycles. The number of hydrogen-bond acceptors (Lipinski definition) is 3. The zero-order valence-electron chi connectivity index (χ0n) is 16.5. The van der Waals surface area contributed by atoms with Crippen molar-refractivity contribution in [3.63, 3.8) is 0 Å². The summed E-state index contributed by atoms with van der Waals surface area (Å²) in [6.07, 6.45) is 0. The van der Waals surface area contributed by atoms with Gasteiger partial charge in [-0.15, -0.1) is 0 Å². The molecule has 0 aromatic heterocycles. The molecular formula is C22H25ClN3O3+. The first kappa shape index (κ1) is 20.9. The van der Waals surface area contributed by atoms with Crippen LogP contribution in [0.5, 0.6) is 0 Å². The molecule has 0 radical (unpaired) electrons. The van der Waals surface area contributed by atoms with Gasteiger partial charge in [-0.3, -0.25) is 0 Å². The van der Waals surface area contributed by atoms with Crippen LogP contribution in [-0.2, 0) is 16.1 Å². The van der Waals surface area contributed by atoms with Crippen LogP contribution in [0.15, 0.2) is 59.8 Å². The molecule has 0 spiro atoms. The maximum Gasteiger partial charge on any atom is 0.338 e. The van der Waals surface area contributed by atoms with E-state index in [9.17, 15) is 9.59 Å². The number of nitrogens with one attached hydrogen (secondary N) is 2. The molecule has 0 saturated heterocycles. The standard InChI is InChI=1S/C22H24ClN3O3/c1-3-29-21(27)19-18(13-24-12-15-6-4-14(2)5-7-15)25-22(28)26-20(19)16-8-10-17(23)11-9-16/h4-11,20,24H,3,12-13H2,1-2H3,(H2,25,26,28)/p+1/t20-/m1/s1. The molecule has 6 nitrogen and oxygen atoms in total. The summed E-state index contributed by atoms with van der Waals surface area (Å²) in [5, 5.41) is 8.23. The number of esters is 1. The third kappa shape index (κ3) is 5.37. The Morgan fingerprint density at radius 3 is 2.45 bits per heavy atom. The highest BCUT2D eigenvalue weighted by Gasteiger charge is 2.34. The van der Waals surface area contributed by atoms with Crippen LogP contribution in [-0.4, -0.2) is 25.2 Å². The minimum absolute atomic E-state index is 0.254. The molecule has 0 unspecified atom stereocenters. The summed E-state index contributed by atoms with van der Waals surface area (Å²) >= 11 is 5.98. The van der Waals surface area contributed by atoms with E-state index < -0.39 is 12.0 Å². The first-order valence-corrected chi connectivity index (χ1v) is 9.96. The lowest BCUT2D eigenvalue weighted by molar-refractivity contribution is -0.664. The summed E-state index contributed by atoms with van der Waals surface area (Å²) < 4.78 is 5.27. The molecule has 1 aliphatic heterocycles. The highest BCUT2D eigenvalue weighted by molar-refractivity contribution is 6.30. The van der Waals surface area contributed by atoms with Crippen LogP contribution in [0.2, 0.25) is 5.02 Å². The van der Waals surface area contributed by atoms with Gasteiger partial charge in [-0.1, -0.05) is 53.6 Å². The average molecular weight is 415 g/mol. The van der Waals surface area contributed by atoms with Crippen LogP contribution < -0.4 is 16.0 Å². The highest BCUT2D eigenvalue weighted by Crippen LogP contribution is 2.28. The van der Waals surface area contributed by atoms with Crippen molar-refractivity contribution in [2.24, 2.45) is 0 Å². The molecule has 2 aromatic rings. The number of hydrogen-bond donors (Lipinski definition) is 3. The Morgan fingerprint density at radius 2 is 1.79 bits per heavy atom. The van der Waals surface area contributed by atoms with Crippen molar-refractivity contribution in [1.29, 1.82) is 0 Å². The summed E-state index contributed by atoms with van der Waals surface area (Å²) in [5.41, 5.74) is 4.11. The van der Waals surface area contributed by atoms with Gasteiger partial charge in [0.15, 0.2) is 0 Å². The van der Waals surface area contributed by atoms with E-state index in [0.29, 0.717) is 22.8 Å². The molecule has 29 heavy (non-hydrogen) atoms. The monoisotopic (exact) mass is 414 g/mol. The Balaban J connectivity index is 1.85. The summed E-state index contributed by atoms with van der Waals surface area (Å²) in [6.45, 7) is 5.23. The summed E-state index contributed by atoms with van der Waals surface area (Å²) in [4.78, 5) is 25.0. The Kier molecular flexibility index (Phi) is 6.90. The van der Waals surface area contributed by atoms with E-state index >= 15 is 0 Å². The smallest absolute Gasteiger partial charge is 0.338 e. The van der Waals surface area contributed by atoms with Gasteiger partial charge in [0, 0.05) is 10.6 Å². The molecule has 2 aromatic carbocycles. The summed E-state index contributed by atoms with van der Waals surface area (Å²) in [7, 11) is 0. The van der Waals surface area contributed by atoms with Crippen molar-refractivity contribution >= 4 is 23.6 Å². The fourth-order valence-corrected chi connectivity index (χ4v) is 3.37. The van der Waals surface area contributed by atoms with Crippen LogP contribution in [0.4, 0.5) is 4.79 Å². The number of carbonyl (C=O) groups excluding carboxylic acids is 2. The Labute approximate surface area is 175 Å². The minimum Gasteiger partial charge on any atom is -0.463 e. The van der Waals surface area contributed by atoms with Gasteiger partial charge in [0.05, 0.1) is 23.9 Å². The highest BCUT2D eigenvalue weighted by atomic mass is 35.5. The number of aryl methyl sites for hydroxylation is 1. The zero-order valence-corrected chi connectivity index (χ0v) is 17.3. The molecule has 4 N–H and O–H groups in total. The molecule has 2 amide bonds. The topological polar surface area (TPSA) is 84.0 Å². The van der Waals surface area contributed by atoms with E-state index in [1.54, 1.807) is 31.2 Å². The SMILES string of the molecule is CCOC(=O)C1=C(C[NH2+]Cc2ccc(C)cc2)NC(=O)N[C@@H]1c1ccc(Cl)cc1. The number of amides is 2. The van der Waals surface area contributed by atoms with Crippen LogP contribution >= 0.6 is 11.6 Å². The minimum atomic E-state index is -0.595.